The zero-order valence-electron chi connectivity index (χ0n) is 7.96. The Balaban J connectivity index is 1.85. The number of nitrogens with one attached hydrogen (secondary N) is 2. The van der Waals surface area contributed by atoms with Crippen molar-refractivity contribution in [3.63, 3.8) is 0 Å². The molecular formula is C10H14BrN3. The Kier molecular flexibility index (Phi) is 3.37. The number of hydrogen-bond acceptors (Lipinski definition) is 3. The fourth-order valence-corrected chi connectivity index (χ4v) is 2.01. The lowest BCUT2D eigenvalue weighted by molar-refractivity contribution is 0.632. The molecule has 3 nitrogen and oxygen atoms in total. The molecule has 1 fully saturated rings. The van der Waals surface area contributed by atoms with E-state index in [-0.39, 0.29) is 0 Å². The molecule has 1 aliphatic heterocycles. The Morgan fingerprint density at radius 2 is 2.50 bits per heavy atom. The van der Waals surface area contributed by atoms with Crippen LogP contribution in [0.4, 0.5) is 5.82 Å². The van der Waals surface area contributed by atoms with Crippen LogP contribution in [-0.2, 0) is 0 Å². The van der Waals surface area contributed by atoms with Gasteiger partial charge in [0.15, 0.2) is 0 Å². The highest BCUT2D eigenvalue weighted by Gasteiger charge is 2.13. The molecule has 0 aromatic carbocycles. The maximum atomic E-state index is 4.31. The molecular weight excluding hydrogens is 242 g/mol. The Morgan fingerprint density at radius 3 is 3.21 bits per heavy atom. The molecule has 2 rings (SSSR count). The Bertz CT molecular complexity index is 297. The van der Waals surface area contributed by atoms with Crippen molar-refractivity contribution < 1.29 is 0 Å². The normalized spacial score (nSPS) is 21.1. The van der Waals surface area contributed by atoms with Crippen molar-refractivity contribution in [1.82, 2.24) is 10.3 Å². The molecule has 1 atom stereocenters. The van der Waals surface area contributed by atoms with Gasteiger partial charge in [0.05, 0.1) is 0 Å². The van der Waals surface area contributed by atoms with Gasteiger partial charge in [-0.2, -0.15) is 0 Å². The van der Waals surface area contributed by atoms with Gasteiger partial charge in [0, 0.05) is 12.6 Å². The quantitative estimate of drug-likeness (QED) is 0.812. The van der Waals surface area contributed by atoms with Crippen LogP contribution in [0.5, 0.6) is 0 Å². The van der Waals surface area contributed by atoms with E-state index in [2.05, 4.69) is 31.5 Å². The maximum absolute atomic E-state index is 4.31. The van der Waals surface area contributed by atoms with Crippen molar-refractivity contribution in [2.45, 2.75) is 18.9 Å². The van der Waals surface area contributed by atoms with Gasteiger partial charge in [0.2, 0.25) is 0 Å². The van der Waals surface area contributed by atoms with E-state index >= 15 is 0 Å². The maximum Gasteiger partial charge on any atom is 0.127 e. The van der Waals surface area contributed by atoms with E-state index in [1.54, 1.807) is 0 Å². The molecule has 0 saturated carbocycles. The van der Waals surface area contributed by atoms with Gasteiger partial charge in [-0.25, -0.2) is 4.98 Å². The molecule has 0 bridgehead atoms. The van der Waals surface area contributed by atoms with E-state index in [1.165, 1.54) is 12.8 Å². The van der Waals surface area contributed by atoms with E-state index in [4.69, 9.17) is 0 Å². The summed E-state index contributed by atoms with van der Waals surface area (Å²) in [5, 5.41) is 6.76. The number of pyridine rings is 1. The lowest BCUT2D eigenvalue weighted by Crippen LogP contribution is -2.29. The summed E-state index contributed by atoms with van der Waals surface area (Å²) in [5.74, 6) is 0.938. The molecule has 14 heavy (non-hydrogen) atoms. The lowest BCUT2D eigenvalue weighted by atomic mass is 10.2. The summed E-state index contributed by atoms with van der Waals surface area (Å²) in [4.78, 5) is 4.31. The summed E-state index contributed by atoms with van der Waals surface area (Å²) >= 11 is 3.35. The van der Waals surface area contributed by atoms with Gasteiger partial charge in [-0.3, -0.25) is 0 Å². The van der Waals surface area contributed by atoms with Gasteiger partial charge < -0.3 is 10.6 Å². The number of hydrogen-bond donors (Lipinski definition) is 2. The first-order chi connectivity index (χ1) is 6.84. The lowest BCUT2D eigenvalue weighted by Gasteiger charge is -2.11. The minimum absolute atomic E-state index is 0.607. The second kappa shape index (κ2) is 4.75. The minimum Gasteiger partial charge on any atom is -0.368 e. The Hall–Kier alpha value is -0.610. The van der Waals surface area contributed by atoms with Crippen LogP contribution in [0.2, 0.25) is 0 Å². The third kappa shape index (κ3) is 2.69. The minimum atomic E-state index is 0.607. The number of nitrogens with zero attached hydrogens (tertiary/aromatic N) is 1. The van der Waals surface area contributed by atoms with Crippen LogP contribution in [0.1, 0.15) is 12.8 Å². The second-order valence-corrected chi connectivity index (χ2v) is 4.33. The van der Waals surface area contributed by atoms with Gasteiger partial charge in [0.1, 0.15) is 10.4 Å². The van der Waals surface area contributed by atoms with Crippen molar-refractivity contribution in [3.8, 4) is 0 Å². The van der Waals surface area contributed by atoms with E-state index in [9.17, 15) is 0 Å². The third-order valence-electron chi connectivity index (χ3n) is 2.41. The van der Waals surface area contributed by atoms with Crippen LogP contribution >= 0.6 is 15.9 Å². The Labute approximate surface area is 92.4 Å². The molecule has 0 aliphatic carbocycles. The number of rotatable bonds is 3. The molecule has 2 N–H and O–H groups in total. The zero-order valence-corrected chi connectivity index (χ0v) is 9.55. The van der Waals surface area contributed by atoms with Crippen molar-refractivity contribution in [2.24, 2.45) is 0 Å². The summed E-state index contributed by atoms with van der Waals surface area (Å²) < 4.78 is 0.877. The first-order valence-corrected chi connectivity index (χ1v) is 5.74. The topological polar surface area (TPSA) is 37.0 Å². The van der Waals surface area contributed by atoms with Crippen molar-refractivity contribution in [1.29, 1.82) is 0 Å². The fourth-order valence-electron chi connectivity index (χ4n) is 1.67. The number of halogens is 1. The summed E-state index contributed by atoms with van der Waals surface area (Å²) in [7, 11) is 0. The average Bonchev–Trinajstić information content (AvgIpc) is 2.67. The fraction of sp³-hybridized carbons (Fsp3) is 0.500. The van der Waals surface area contributed by atoms with Crippen LogP contribution < -0.4 is 10.6 Å². The van der Waals surface area contributed by atoms with E-state index in [0.717, 1.165) is 23.5 Å². The number of anilines is 1. The van der Waals surface area contributed by atoms with Gasteiger partial charge in [-0.1, -0.05) is 6.07 Å². The van der Waals surface area contributed by atoms with E-state index in [1.807, 2.05) is 18.2 Å². The highest BCUT2D eigenvalue weighted by molar-refractivity contribution is 9.10. The summed E-state index contributed by atoms with van der Waals surface area (Å²) in [6, 6.07) is 6.51. The molecule has 0 radical (unpaired) electrons. The third-order valence-corrected chi connectivity index (χ3v) is 2.85. The molecule has 76 valence electrons. The Morgan fingerprint density at radius 1 is 1.57 bits per heavy atom. The smallest absolute Gasteiger partial charge is 0.127 e. The molecule has 1 aromatic heterocycles. The van der Waals surface area contributed by atoms with Crippen LogP contribution in [-0.4, -0.2) is 24.1 Å². The van der Waals surface area contributed by atoms with Crippen LogP contribution in [0.3, 0.4) is 0 Å². The molecule has 1 saturated heterocycles. The van der Waals surface area contributed by atoms with Gasteiger partial charge in [0.25, 0.3) is 0 Å². The van der Waals surface area contributed by atoms with E-state index < -0.39 is 0 Å². The summed E-state index contributed by atoms with van der Waals surface area (Å²) in [5.41, 5.74) is 0. The van der Waals surface area contributed by atoms with Crippen molar-refractivity contribution in [2.75, 3.05) is 18.4 Å². The second-order valence-electron chi connectivity index (χ2n) is 3.52. The molecule has 4 heteroatoms. The molecule has 2 heterocycles. The van der Waals surface area contributed by atoms with Crippen molar-refractivity contribution in [3.05, 3.63) is 22.8 Å². The van der Waals surface area contributed by atoms with Crippen LogP contribution in [0.15, 0.2) is 22.8 Å². The summed E-state index contributed by atoms with van der Waals surface area (Å²) in [6.45, 7) is 2.11. The molecule has 1 unspecified atom stereocenters. The van der Waals surface area contributed by atoms with Crippen LogP contribution in [0.25, 0.3) is 0 Å². The van der Waals surface area contributed by atoms with E-state index in [0.29, 0.717) is 6.04 Å². The molecule has 1 aliphatic rings. The number of aromatic nitrogens is 1. The highest BCUT2D eigenvalue weighted by Crippen LogP contribution is 2.11. The first-order valence-electron chi connectivity index (χ1n) is 4.94. The average molecular weight is 256 g/mol. The monoisotopic (exact) mass is 255 g/mol. The van der Waals surface area contributed by atoms with Gasteiger partial charge in [-0.05, 0) is 47.4 Å². The SMILES string of the molecule is Brc1cccc(NCC2CCCN2)n1. The summed E-state index contributed by atoms with van der Waals surface area (Å²) in [6.07, 6.45) is 2.55. The van der Waals surface area contributed by atoms with Gasteiger partial charge >= 0.3 is 0 Å². The molecule has 0 amide bonds. The molecule has 1 aromatic rings. The predicted octanol–water partition coefficient (Wildman–Crippen LogP) is 2.01. The first kappa shape index (κ1) is 9.93. The van der Waals surface area contributed by atoms with Gasteiger partial charge in [-0.15, -0.1) is 0 Å². The van der Waals surface area contributed by atoms with Crippen molar-refractivity contribution >= 4 is 21.7 Å². The van der Waals surface area contributed by atoms with Crippen LogP contribution in [0, 0.1) is 0 Å². The standard InChI is InChI=1S/C10H14BrN3/c11-9-4-1-5-10(14-9)13-7-8-3-2-6-12-8/h1,4-5,8,12H,2-3,6-7H2,(H,13,14). The zero-order chi connectivity index (χ0) is 9.80. The highest BCUT2D eigenvalue weighted by atomic mass is 79.9. The molecule has 0 spiro atoms. The largest absolute Gasteiger partial charge is 0.368 e. The predicted molar refractivity (Wildman–Crippen MR) is 61.5 cm³/mol.